The molecule has 0 bridgehead atoms. The molecular formula is C16H30N2O. The van der Waals surface area contributed by atoms with Crippen LogP contribution >= 0.6 is 0 Å². The van der Waals surface area contributed by atoms with Gasteiger partial charge >= 0.3 is 0 Å². The highest BCUT2D eigenvalue weighted by Gasteiger charge is 2.39. The van der Waals surface area contributed by atoms with Crippen LogP contribution in [0.25, 0.3) is 0 Å². The van der Waals surface area contributed by atoms with Gasteiger partial charge in [-0.05, 0) is 31.6 Å². The molecule has 3 nitrogen and oxygen atoms in total. The summed E-state index contributed by atoms with van der Waals surface area (Å²) in [5.74, 6) is 0.927. The first kappa shape index (κ1) is 14.8. The predicted octanol–water partition coefficient (Wildman–Crippen LogP) is 2.98. The van der Waals surface area contributed by atoms with Crippen LogP contribution in [0.15, 0.2) is 0 Å². The fraction of sp³-hybridized carbons (Fsp3) is 0.938. The highest BCUT2D eigenvalue weighted by atomic mass is 16.2. The van der Waals surface area contributed by atoms with Crippen molar-refractivity contribution in [3.63, 3.8) is 0 Å². The van der Waals surface area contributed by atoms with E-state index in [1.165, 1.54) is 32.1 Å². The summed E-state index contributed by atoms with van der Waals surface area (Å²) in [6.45, 7) is 2.76. The average Bonchev–Trinajstić information content (AvgIpc) is 2.48. The molecule has 0 aromatic carbocycles. The molecule has 110 valence electrons. The van der Waals surface area contributed by atoms with E-state index in [-0.39, 0.29) is 11.3 Å². The van der Waals surface area contributed by atoms with Gasteiger partial charge in [0.15, 0.2) is 0 Å². The molecule has 0 saturated heterocycles. The van der Waals surface area contributed by atoms with Crippen molar-refractivity contribution in [2.75, 3.05) is 6.54 Å². The second-order valence-corrected chi connectivity index (χ2v) is 6.58. The van der Waals surface area contributed by atoms with Crippen molar-refractivity contribution in [3.8, 4) is 0 Å². The lowest BCUT2D eigenvalue weighted by Gasteiger charge is -2.38. The number of carbonyl (C=O) groups is 1. The first-order valence-corrected chi connectivity index (χ1v) is 8.23. The second kappa shape index (κ2) is 6.74. The summed E-state index contributed by atoms with van der Waals surface area (Å²) >= 11 is 0. The normalized spacial score (nSPS) is 30.8. The fourth-order valence-corrected chi connectivity index (χ4v) is 3.96. The minimum absolute atomic E-state index is 0.250. The zero-order valence-electron chi connectivity index (χ0n) is 12.4. The Morgan fingerprint density at radius 1 is 1.16 bits per heavy atom. The van der Waals surface area contributed by atoms with E-state index in [2.05, 4.69) is 12.2 Å². The Morgan fingerprint density at radius 3 is 2.47 bits per heavy atom. The Bertz CT molecular complexity index is 297. The van der Waals surface area contributed by atoms with Gasteiger partial charge in [-0.25, -0.2) is 0 Å². The van der Waals surface area contributed by atoms with Gasteiger partial charge in [0.25, 0.3) is 0 Å². The Morgan fingerprint density at radius 2 is 1.84 bits per heavy atom. The Hall–Kier alpha value is -0.570. The molecule has 0 aromatic rings. The van der Waals surface area contributed by atoms with Crippen molar-refractivity contribution in [1.29, 1.82) is 0 Å². The third-order valence-corrected chi connectivity index (χ3v) is 5.43. The second-order valence-electron chi connectivity index (χ2n) is 6.58. The standard InChI is InChI=1S/C16H30N2O/c1-2-13-8-4-5-9-14(13)18-15(19)16(12-17)10-6-3-7-11-16/h13-14H,2-12,17H2,1H3,(H,18,19). The molecule has 3 heteroatoms. The molecule has 0 radical (unpaired) electrons. The van der Waals surface area contributed by atoms with Crippen molar-refractivity contribution < 1.29 is 4.79 Å². The van der Waals surface area contributed by atoms with E-state index in [1.54, 1.807) is 0 Å². The van der Waals surface area contributed by atoms with Crippen molar-refractivity contribution in [1.82, 2.24) is 5.32 Å². The highest BCUT2D eigenvalue weighted by Crippen LogP contribution is 2.36. The smallest absolute Gasteiger partial charge is 0.227 e. The summed E-state index contributed by atoms with van der Waals surface area (Å²) in [4.78, 5) is 12.7. The Kier molecular flexibility index (Phi) is 5.26. The molecule has 2 atom stereocenters. The lowest BCUT2D eigenvalue weighted by Crippen LogP contribution is -2.52. The molecule has 3 N–H and O–H groups in total. The van der Waals surface area contributed by atoms with Crippen LogP contribution in [0, 0.1) is 11.3 Å². The van der Waals surface area contributed by atoms with E-state index in [0.717, 1.165) is 32.1 Å². The summed E-state index contributed by atoms with van der Waals surface area (Å²) in [5, 5.41) is 3.36. The molecule has 0 aliphatic heterocycles. The maximum atomic E-state index is 12.7. The number of amides is 1. The van der Waals surface area contributed by atoms with Crippen molar-refractivity contribution in [2.24, 2.45) is 17.1 Å². The van der Waals surface area contributed by atoms with Crippen LogP contribution in [-0.4, -0.2) is 18.5 Å². The Labute approximate surface area is 117 Å². The summed E-state index contributed by atoms with van der Waals surface area (Å²) in [5.41, 5.74) is 5.69. The number of carbonyl (C=O) groups excluding carboxylic acids is 1. The van der Waals surface area contributed by atoms with Crippen LogP contribution in [-0.2, 0) is 4.79 Å². The highest BCUT2D eigenvalue weighted by molar-refractivity contribution is 5.83. The molecule has 19 heavy (non-hydrogen) atoms. The zero-order valence-corrected chi connectivity index (χ0v) is 12.4. The minimum atomic E-state index is -0.256. The van der Waals surface area contributed by atoms with Crippen molar-refractivity contribution in [3.05, 3.63) is 0 Å². The van der Waals surface area contributed by atoms with Crippen LogP contribution in [0.1, 0.15) is 71.1 Å². The lowest BCUT2D eigenvalue weighted by atomic mass is 9.72. The molecule has 0 aromatic heterocycles. The van der Waals surface area contributed by atoms with Crippen LogP contribution in [0.4, 0.5) is 0 Å². The molecule has 1 amide bonds. The van der Waals surface area contributed by atoms with Crippen LogP contribution in [0.2, 0.25) is 0 Å². The summed E-state index contributed by atoms with van der Waals surface area (Å²) in [6, 6.07) is 0.400. The van der Waals surface area contributed by atoms with Crippen LogP contribution in [0.5, 0.6) is 0 Å². The Balaban J connectivity index is 1.98. The van der Waals surface area contributed by atoms with Gasteiger partial charge in [-0.2, -0.15) is 0 Å². The first-order chi connectivity index (χ1) is 9.22. The fourth-order valence-electron chi connectivity index (χ4n) is 3.96. The first-order valence-electron chi connectivity index (χ1n) is 8.23. The van der Waals surface area contributed by atoms with Gasteiger partial charge in [0.1, 0.15) is 0 Å². The van der Waals surface area contributed by atoms with Gasteiger partial charge in [0.2, 0.25) is 5.91 Å². The molecule has 0 spiro atoms. The zero-order chi connectivity index (χ0) is 13.7. The van der Waals surface area contributed by atoms with Gasteiger partial charge in [-0.15, -0.1) is 0 Å². The molecular weight excluding hydrogens is 236 g/mol. The maximum absolute atomic E-state index is 12.7. The number of rotatable bonds is 4. The number of hydrogen-bond donors (Lipinski definition) is 2. The van der Waals surface area contributed by atoms with Gasteiger partial charge in [0, 0.05) is 12.6 Å². The maximum Gasteiger partial charge on any atom is 0.227 e. The summed E-state index contributed by atoms with van der Waals surface area (Å²) < 4.78 is 0. The number of nitrogens with two attached hydrogens (primary N) is 1. The molecule has 2 aliphatic rings. The molecule has 2 saturated carbocycles. The predicted molar refractivity (Wildman–Crippen MR) is 78.8 cm³/mol. The molecule has 2 unspecified atom stereocenters. The average molecular weight is 266 g/mol. The van der Waals surface area contributed by atoms with E-state index in [0.29, 0.717) is 18.5 Å². The third kappa shape index (κ3) is 3.31. The quantitative estimate of drug-likeness (QED) is 0.822. The van der Waals surface area contributed by atoms with Gasteiger partial charge in [-0.3, -0.25) is 4.79 Å². The largest absolute Gasteiger partial charge is 0.353 e. The molecule has 0 heterocycles. The van der Waals surface area contributed by atoms with E-state index in [4.69, 9.17) is 5.73 Å². The van der Waals surface area contributed by atoms with E-state index >= 15 is 0 Å². The van der Waals surface area contributed by atoms with Gasteiger partial charge < -0.3 is 11.1 Å². The number of hydrogen-bond acceptors (Lipinski definition) is 2. The SMILES string of the molecule is CCC1CCCCC1NC(=O)C1(CN)CCCCC1. The van der Waals surface area contributed by atoms with Crippen LogP contribution < -0.4 is 11.1 Å². The lowest BCUT2D eigenvalue weighted by molar-refractivity contribution is -0.133. The van der Waals surface area contributed by atoms with Gasteiger partial charge in [-0.1, -0.05) is 45.4 Å². The van der Waals surface area contributed by atoms with Crippen molar-refractivity contribution in [2.45, 2.75) is 77.2 Å². The van der Waals surface area contributed by atoms with E-state index in [9.17, 15) is 4.79 Å². The number of nitrogens with one attached hydrogen (secondary N) is 1. The molecule has 2 aliphatic carbocycles. The summed E-state index contributed by atoms with van der Waals surface area (Å²) in [6.07, 6.45) is 11.7. The van der Waals surface area contributed by atoms with Crippen molar-refractivity contribution >= 4 is 5.91 Å². The van der Waals surface area contributed by atoms with E-state index in [1.807, 2.05) is 0 Å². The molecule has 2 rings (SSSR count). The molecule has 2 fully saturated rings. The third-order valence-electron chi connectivity index (χ3n) is 5.43. The van der Waals surface area contributed by atoms with Gasteiger partial charge in [0.05, 0.1) is 5.41 Å². The summed E-state index contributed by atoms with van der Waals surface area (Å²) in [7, 11) is 0. The monoisotopic (exact) mass is 266 g/mol. The minimum Gasteiger partial charge on any atom is -0.353 e. The van der Waals surface area contributed by atoms with Crippen LogP contribution in [0.3, 0.4) is 0 Å². The van der Waals surface area contributed by atoms with E-state index < -0.39 is 0 Å². The topological polar surface area (TPSA) is 55.1 Å².